The highest BCUT2D eigenvalue weighted by Crippen LogP contribution is 2.14. The van der Waals surface area contributed by atoms with Gasteiger partial charge in [-0.15, -0.1) is 10.2 Å². The molecule has 0 N–H and O–H groups in total. The third kappa shape index (κ3) is 3.51. The van der Waals surface area contributed by atoms with Crippen LogP contribution in [0.4, 0.5) is 0 Å². The van der Waals surface area contributed by atoms with Gasteiger partial charge >= 0.3 is 0 Å². The van der Waals surface area contributed by atoms with Gasteiger partial charge in [0, 0.05) is 26.2 Å². The summed E-state index contributed by atoms with van der Waals surface area (Å²) in [4.78, 5) is 4.84. The summed E-state index contributed by atoms with van der Waals surface area (Å²) < 4.78 is 2.11. The third-order valence-electron chi connectivity index (χ3n) is 3.59. The molecule has 1 unspecified atom stereocenters. The van der Waals surface area contributed by atoms with Crippen LogP contribution < -0.4 is 0 Å². The minimum Gasteiger partial charge on any atom is -0.317 e. The second kappa shape index (κ2) is 5.60. The monoisotopic (exact) mass is 237 g/mol. The lowest BCUT2D eigenvalue weighted by molar-refractivity contribution is 0.264. The molecule has 0 bridgehead atoms. The first-order chi connectivity index (χ1) is 8.15. The van der Waals surface area contributed by atoms with Gasteiger partial charge in [-0.05, 0) is 39.9 Å². The Morgan fingerprint density at radius 2 is 2.35 bits per heavy atom. The predicted molar refractivity (Wildman–Crippen MR) is 67.9 cm³/mol. The molecule has 0 aliphatic carbocycles. The number of rotatable bonds is 5. The lowest BCUT2D eigenvalue weighted by Crippen LogP contribution is -2.30. The normalized spacial score (nSPS) is 21.5. The minimum absolute atomic E-state index is 0.840. The number of likely N-dealkylation sites (tertiary alicyclic amines) is 1. The fourth-order valence-electron chi connectivity index (χ4n) is 2.52. The van der Waals surface area contributed by atoms with Crippen LogP contribution in [0.1, 0.15) is 12.2 Å². The highest BCUT2D eigenvalue weighted by atomic mass is 15.3. The lowest BCUT2D eigenvalue weighted by Gasteiger charge is -2.21. The first-order valence-electron chi connectivity index (χ1n) is 6.36. The van der Waals surface area contributed by atoms with Crippen LogP contribution in [0, 0.1) is 12.8 Å². The summed E-state index contributed by atoms with van der Waals surface area (Å²) in [5, 5.41) is 7.90. The predicted octanol–water partition coefficient (Wildman–Crippen LogP) is 0.470. The van der Waals surface area contributed by atoms with Crippen LogP contribution in [0.25, 0.3) is 0 Å². The largest absolute Gasteiger partial charge is 0.317 e. The molecule has 2 heterocycles. The van der Waals surface area contributed by atoms with Crippen LogP contribution in [0.15, 0.2) is 6.33 Å². The number of likely N-dealkylation sites (N-methyl/N-ethyl adjacent to an activating group) is 1. The molecule has 5 nitrogen and oxygen atoms in total. The van der Waals surface area contributed by atoms with Crippen molar-refractivity contribution in [3.8, 4) is 0 Å². The van der Waals surface area contributed by atoms with Gasteiger partial charge in [-0.2, -0.15) is 0 Å². The Balaban J connectivity index is 1.71. The Morgan fingerprint density at radius 3 is 2.94 bits per heavy atom. The second-order valence-electron chi connectivity index (χ2n) is 5.25. The zero-order valence-corrected chi connectivity index (χ0v) is 11.1. The molecule has 2 rings (SSSR count). The molecule has 1 atom stereocenters. The second-order valence-corrected chi connectivity index (χ2v) is 5.25. The smallest absolute Gasteiger partial charge is 0.129 e. The summed E-state index contributed by atoms with van der Waals surface area (Å²) in [5.74, 6) is 1.84. The van der Waals surface area contributed by atoms with Crippen molar-refractivity contribution >= 4 is 0 Å². The van der Waals surface area contributed by atoms with Crippen molar-refractivity contribution in [1.29, 1.82) is 0 Å². The fraction of sp³-hybridized carbons (Fsp3) is 0.833. The van der Waals surface area contributed by atoms with Gasteiger partial charge in [-0.1, -0.05) is 0 Å². The van der Waals surface area contributed by atoms with E-state index in [4.69, 9.17) is 0 Å². The highest BCUT2D eigenvalue weighted by Gasteiger charge is 2.20. The summed E-state index contributed by atoms with van der Waals surface area (Å²) in [7, 11) is 4.42. The molecule has 96 valence electrons. The zero-order chi connectivity index (χ0) is 12.3. The van der Waals surface area contributed by atoms with Crippen molar-refractivity contribution < 1.29 is 0 Å². The summed E-state index contributed by atoms with van der Waals surface area (Å²) in [6.07, 6.45) is 3.15. The van der Waals surface area contributed by atoms with Gasteiger partial charge in [0.25, 0.3) is 0 Å². The van der Waals surface area contributed by atoms with Crippen molar-refractivity contribution in [3.05, 3.63) is 12.2 Å². The van der Waals surface area contributed by atoms with E-state index in [-0.39, 0.29) is 0 Å². The van der Waals surface area contributed by atoms with Gasteiger partial charge in [0.05, 0.1) is 0 Å². The van der Waals surface area contributed by atoms with E-state index in [0.717, 1.165) is 24.8 Å². The maximum atomic E-state index is 4.00. The molecule has 1 saturated heterocycles. The first-order valence-corrected chi connectivity index (χ1v) is 6.36. The highest BCUT2D eigenvalue weighted by molar-refractivity contribution is 4.80. The molecule has 1 aromatic rings. The summed E-state index contributed by atoms with van der Waals surface area (Å²) in [6, 6.07) is 0. The maximum Gasteiger partial charge on any atom is 0.129 e. The van der Waals surface area contributed by atoms with E-state index in [1.54, 1.807) is 0 Å². The molecule has 1 aliphatic rings. The Bertz CT molecular complexity index is 348. The molecule has 0 amide bonds. The molecular formula is C12H23N5. The minimum atomic E-state index is 0.840. The van der Waals surface area contributed by atoms with Crippen LogP contribution in [-0.4, -0.2) is 64.8 Å². The van der Waals surface area contributed by atoms with Crippen molar-refractivity contribution in [2.45, 2.75) is 19.9 Å². The average molecular weight is 237 g/mol. The number of hydrogen-bond acceptors (Lipinski definition) is 4. The molecule has 0 aromatic carbocycles. The molecule has 5 heteroatoms. The average Bonchev–Trinajstić information content (AvgIpc) is 2.85. The van der Waals surface area contributed by atoms with E-state index in [2.05, 4.69) is 38.7 Å². The Hall–Kier alpha value is -0.940. The topological polar surface area (TPSA) is 37.2 Å². The summed E-state index contributed by atoms with van der Waals surface area (Å²) in [5.41, 5.74) is 0. The van der Waals surface area contributed by atoms with Crippen molar-refractivity contribution in [2.24, 2.45) is 5.92 Å². The van der Waals surface area contributed by atoms with Crippen molar-refractivity contribution in [2.75, 3.05) is 40.3 Å². The lowest BCUT2D eigenvalue weighted by atomic mass is 10.1. The van der Waals surface area contributed by atoms with Gasteiger partial charge in [0.15, 0.2) is 0 Å². The van der Waals surface area contributed by atoms with Gasteiger partial charge in [0.2, 0.25) is 0 Å². The standard InChI is InChI=1S/C12H23N5/c1-11-14-13-10-17(11)7-6-16(3)9-12-4-5-15(2)8-12/h10,12H,4-9H2,1-3H3. The Labute approximate surface area is 103 Å². The molecule has 0 radical (unpaired) electrons. The van der Waals surface area contributed by atoms with Gasteiger partial charge in [-0.3, -0.25) is 0 Å². The van der Waals surface area contributed by atoms with Crippen LogP contribution in [0.5, 0.6) is 0 Å². The zero-order valence-electron chi connectivity index (χ0n) is 11.1. The quantitative estimate of drug-likeness (QED) is 0.746. The molecular weight excluding hydrogens is 214 g/mol. The first kappa shape index (κ1) is 12.5. The number of nitrogens with zero attached hydrogens (tertiary/aromatic N) is 5. The van der Waals surface area contributed by atoms with E-state index >= 15 is 0 Å². The summed E-state index contributed by atoms with van der Waals surface area (Å²) in [6.45, 7) is 7.75. The Morgan fingerprint density at radius 1 is 1.53 bits per heavy atom. The number of hydrogen-bond donors (Lipinski definition) is 0. The SMILES string of the molecule is Cc1nncn1CCN(C)CC1CCN(C)C1. The van der Waals surface area contributed by atoms with Gasteiger partial charge < -0.3 is 14.4 Å². The van der Waals surface area contributed by atoms with Gasteiger partial charge in [0.1, 0.15) is 12.2 Å². The Kier molecular flexibility index (Phi) is 4.12. The van der Waals surface area contributed by atoms with E-state index in [9.17, 15) is 0 Å². The van der Waals surface area contributed by atoms with Gasteiger partial charge in [-0.25, -0.2) is 0 Å². The van der Waals surface area contributed by atoms with Crippen molar-refractivity contribution in [3.63, 3.8) is 0 Å². The van der Waals surface area contributed by atoms with Crippen LogP contribution in [-0.2, 0) is 6.54 Å². The number of aromatic nitrogens is 3. The third-order valence-corrected chi connectivity index (χ3v) is 3.59. The van der Waals surface area contributed by atoms with E-state index in [0.29, 0.717) is 0 Å². The fourth-order valence-corrected chi connectivity index (χ4v) is 2.52. The molecule has 0 spiro atoms. The van der Waals surface area contributed by atoms with Crippen LogP contribution in [0.2, 0.25) is 0 Å². The summed E-state index contributed by atoms with van der Waals surface area (Å²) >= 11 is 0. The van der Waals surface area contributed by atoms with Crippen LogP contribution >= 0.6 is 0 Å². The van der Waals surface area contributed by atoms with E-state index < -0.39 is 0 Å². The molecule has 0 saturated carbocycles. The maximum absolute atomic E-state index is 4.00. The molecule has 1 fully saturated rings. The molecule has 1 aliphatic heterocycles. The molecule has 17 heavy (non-hydrogen) atoms. The number of aryl methyl sites for hydroxylation is 1. The molecule has 1 aromatic heterocycles. The van der Waals surface area contributed by atoms with Crippen LogP contribution in [0.3, 0.4) is 0 Å². The van der Waals surface area contributed by atoms with Crippen molar-refractivity contribution in [1.82, 2.24) is 24.6 Å². The van der Waals surface area contributed by atoms with E-state index in [1.807, 2.05) is 13.3 Å². The van der Waals surface area contributed by atoms with E-state index in [1.165, 1.54) is 26.1 Å².